The molecule has 0 aliphatic carbocycles. The summed E-state index contributed by atoms with van der Waals surface area (Å²) in [6.45, 7) is 6.47. The third kappa shape index (κ3) is 4.78. The molecule has 0 N–H and O–H groups in total. The third-order valence-electron chi connectivity index (χ3n) is 5.20. The molecule has 0 spiro atoms. The van der Waals surface area contributed by atoms with Crippen molar-refractivity contribution in [3.8, 4) is 0 Å². The molecule has 1 aliphatic rings. The number of benzene rings is 2. The van der Waals surface area contributed by atoms with Crippen LogP contribution in [0.1, 0.15) is 20.8 Å². The number of rotatable bonds is 8. The summed E-state index contributed by atoms with van der Waals surface area (Å²) in [5.41, 5.74) is 1.22. The topological polar surface area (TPSA) is 78.0 Å². The van der Waals surface area contributed by atoms with Gasteiger partial charge in [0, 0.05) is 30.2 Å². The number of sulfonamides is 1. The van der Waals surface area contributed by atoms with Gasteiger partial charge in [-0.15, -0.1) is 11.8 Å². The molecule has 0 fully saturated rings. The third-order valence-corrected chi connectivity index (χ3v) is 8.29. The zero-order chi connectivity index (χ0) is 22.6. The van der Waals surface area contributed by atoms with Crippen LogP contribution in [-0.2, 0) is 19.6 Å². The van der Waals surface area contributed by atoms with Gasteiger partial charge in [-0.1, -0.05) is 32.0 Å². The van der Waals surface area contributed by atoms with Gasteiger partial charge < -0.3 is 9.80 Å². The van der Waals surface area contributed by atoms with Crippen molar-refractivity contribution in [1.82, 2.24) is 4.31 Å². The van der Waals surface area contributed by atoms with Crippen LogP contribution in [0.15, 0.2) is 58.3 Å². The van der Waals surface area contributed by atoms with E-state index in [9.17, 15) is 18.0 Å². The molecule has 0 bridgehead atoms. The molecule has 0 radical (unpaired) electrons. The zero-order valence-electron chi connectivity index (χ0n) is 17.9. The predicted octanol–water partition coefficient (Wildman–Crippen LogP) is 3.21. The smallest absolute Gasteiger partial charge is 0.247 e. The predicted molar refractivity (Wildman–Crippen MR) is 124 cm³/mol. The summed E-state index contributed by atoms with van der Waals surface area (Å²) in [6.07, 6.45) is 0. The molecule has 7 nitrogen and oxygen atoms in total. The molecule has 2 aromatic rings. The minimum absolute atomic E-state index is 0.123. The standard InChI is InChI=1S/C22H27N3O4S2/c1-4-23(5-2)31(28,29)18-12-13-20-19(14-18)25(22(27)16-30-20)15-21(26)24(6-3)17-10-8-7-9-11-17/h7-14H,4-6,15-16H2,1-3H3. The Morgan fingerprint density at radius 2 is 1.71 bits per heavy atom. The maximum atomic E-state index is 13.1. The molecule has 31 heavy (non-hydrogen) atoms. The zero-order valence-corrected chi connectivity index (χ0v) is 19.6. The molecular formula is C22H27N3O4S2. The summed E-state index contributed by atoms with van der Waals surface area (Å²) in [7, 11) is -3.68. The van der Waals surface area contributed by atoms with Gasteiger partial charge in [-0.05, 0) is 37.3 Å². The largest absolute Gasteiger partial charge is 0.311 e. The molecule has 9 heteroatoms. The summed E-state index contributed by atoms with van der Waals surface area (Å²) in [4.78, 5) is 29.7. The lowest BCUT2D eigenvalue weighted by atomic mass is 10.2. The SMILES string of the molecule is CCN(C(=O)CN1C(=O)CSc2ccc(S(=O)(=O)N(CC)CC)cc21)c1ccccc1. The highest BCUT2D eigenvalue weighted by atomic mass is 32.2. The number of nitrogens with zero attached hydrogens (tertiary/aromatic N) is 3. The Morgan fingerprint density at radius 1 is 1.03 bits per heavy atom. The Kier molecular flexibility index (Phi) is 7.40. The summed E-state index contributed by atoms with van der Waals surface area (Å²) in [6, 6.07) is 14.1. The van der Waals surface area contributed by atoms with E-state index >= 15 is 0 Å². The van der Waals surface area contributed by atoms with E-state index in [0.29, 0.717) is 25.3 Å². The maximum Gasteiger partial charge on any atom is 0.247 e. The van der Waals surface area contributed by atoms with E-state index in [-0.39, 0.29) is 29.0 Å². The molecule has 1 aliphatic heterocycles. The fourth-order valence-corrected chi connectivity index (χ4v) is 5.95. The summed E-state index contributed by atoms with van der Waals surface area (Å²) in [5, 5.41) is 0. The molecule has 1 heterocycles. The van der Waals surface area contributed by atoms with Gasteiger partial charge in [0.15, 0.2) is 0 Å². The van der Waals surface area contributed by atoms with Crippen LogP contribution in [0.5, 0.6) is 0 Å². The molecule has 3 rings (SSSR count). The number of hydrogen-bond acceptors (Lipinski definition) is 5. The molecule has 166 valence electrons. The minimum Gasteiger partial charge on any atom is -0.311 e. The number of likely N-dealkylation sites (N-methyl/N-ethyl adjacent to an activating group) is 1. The van der Waals surface area contributed by atoms with E-state index in [1.54, 1.807) is 30.9 Å². The second-order valence-electron chi connectivity index (χ2n) is 6.96. The van der Waals surface area contributed by atoms with E-state index in [1.165, 1.54) is 27.0 Å². The highest BCUT2D eigenvalue weighted by Gasteiger charge is 2.31. The van der Waals surface area contributed by atoms with Crippen molar-refractivity contribution < 1.29 is 18.0 Å². The molecule has 0 saturated heterocycles. The van der Waals surface area contributed by atoms with Gasteiger partial charge in [0.05, 0.1) is 16.3 Å². The lowest BCUT2D eigenvalue weighted by Crippen LogP contribution is -2.45. The van der Waals surface area contributed by atoms with Gasteiger partial charge in [-0.25, -0.2) is 8.42 Å². The summed E-state index contributed by atoms with van der Waals surface area (Å²) in [5.74, 6) is -0.232. The average Bonchev–Trinajstić information content (AvgIpc) is 2.77. The first-order chi connectivity index (χ1) is 14.8. The van der Waals surface area contributed by atoms with Crippen LogP contribution in [0, 0.1) is 0 Å². The van der Waals surface area contributed by atoms with Gasteiger partial charge in [-0.2, -0.15) is 4.31 Å². The van der Waals surface area contributed by atoms with Crippen molar-refractivity contribution in [3.05, 3.63) is 48.5 Å². The van der Waals surface area contributed by atoms with Crippen LogP contribution in [-0.4, -0.2) is 56.5 Å². The average molecular weight is 462 g/mol. The highest BCUT2D eigenvalue weighted by molar-refractivity contribution is 8.00. The molecule has 0 saturated carbocycles. The van der Waals surface area contributed by atoms with Crippen molar-refractivity contribution >= 4 is 45.0 Å². The lowest BCUT2D eigenvalue weighted by Gasteiger charge is -2.31. The first-order valence-electron chi connectivity index (χ1n) is 10.3. The number of para-hydroxylation sites is 1. The van der Waals surface area contributed by atoms with Crippen molar-refractivity contribution in [2.24, 2.45) is 0 Å². The van der Waals surface area contributed by atoms with E-state index in [2.05, 4.69) is 0 Å². The first-order valence-corrected chi connectivity index (χ1v) is 12.7. The first kappa shape index (κ1) is 23.3. The lowest BCUT2D eigenvalue weighted by molar-refractivity contribution is -0.121. The van der Waals surface area contributed by atoms with Gasteiger partial charge in [0.1, 0.15) is 6.54 Å². The van der Waals surface area contributed by atoms with E-state index in [0.717, 1.165) is 10.6 Å². The minimum atomic E-state index is -3.68. The Hall–Kier alpha value is -2.36. The van der Waals surface area contributed by atoms with Crippen LogP contribution in [0.2, 0.25) is 0 Å². The van der Waals surface area contributed by atoms with Gasteiger partial charge in [0.2, 0.25) is 21.8 Å². The number of anilines is 2. The van der Waals surface area contributed by atoms with E-state index < -0.39 is 10.0 Å². The normalized spacial score (nSPS) is 13.9. The maximum absolute atomic E-state index is 13.1. The highest BCUT2D eigenvalue weighted by Crippen LogP contribution is 2.37. The Bertz CT molecular complexity index is 1050. The van der Waals surface area contributed by atoms with Crippen LogP contribution in [0.3, 0.4) is 0 Å². The number of hydrogen-bond donors (Lipinski definition) is 0. The molecule has 0 aromatic heterocycles. The van der Waals surface area contributed by atoms with E-state index in [4.69, 9.17) is 0 Å². The van der Waals surface area contributed by atoms with Crippen molar-refractivity contribution in [2.75, 3.05) is 41.7 Å². The second-order valence-corrected chi connectivity index (χ2v) is 9.92. The van der Waals surface area contributed by atoms with Crippen molar-refractivity contribution in [2.45, 2.75) is 30.6 Å². The molecule has 2 aromatic carbocycles. The van der Waals surface area contributed by atoms with Crippen LogP contribution >= 0.6 is 11.8 Å². The monoisotopic (exact) mass is 461 g/mol. The molecular weight excluding hydrogens is 434 g/mol. The van der Waals surface area contributed by atoms with Crippen LogP contribution in [0.4, 0.5) is 11.4 Å². The quantitative estimate of drug-likeness (QED) is 0.603. The van der Waals surface area contributed by atoms with Gasteiger partial charge in [-0.3, -0.25) is 9.59 Å². The van der Waals surface area contributed by atoms with Gasteiger partial charge >= 0.3 is 0 Å². The summed E-state index contributed by atoms with van der Waals surface area (Å²) >= 11 is 1.35. The fourth-order valence-electron chi connectivity index (χ4n) is 3.56. The Labute approximate surface area is 188 Å². The number of fused-ring (bicyclic) bond motifs is 1. The molecule has 2 amide bonds. The number of thioether (sulfide) groups is 1. The van der Waals surface area contributed by atoms with Crippen LogP contribution in [0.25, 0.3) is 0 Å². The molecule has 0 unspecified atom stereocenters. The van der Waals surface area contributed by atoms with E-state index in [1.807, 2.05) is 37.3 Å². The fraction of sp³-hybridized carbons (Fsp3) is 0.364. The number of amides is 2. The number of carbonyl (C=O) groups excluding carboxylic acids is 2. The molecule has 0 atom stereocenters. The summed E-state index contributed by atoms with van der Waals surface area (Å²) < 4.78 is 27.3. The van der Waals surface area contributed by atoms with Crippen molar-refractivity contribution in [3.63, 3.8) is 0 Å². The Morgan fingerprint density at radius 3 is 2.32 bits per heavy atom. The number of carbonyl (C=O) groups is 2. The Balaban J connectivity index is 1.95. The van der Waals surface area contributed by atoms with Crippen molar-refractivity contribution in [1.29, 1.82) is 0 Å². The second kappa shape index (κ2) is 9.84. The van der Waals surface area contributed by atoms with Crippen LogP contribution < -0.4 is 9.80 Å². The van der Waals surface area contributed by atoms with Gasteiger partial charge in [0.25, 0.3) is 0 Å².